The Labute approximate surface area is 99.1 Å². The molecular weight excluding hydrogens is 202 g/mol. The van der Waals surface area contributed by atoms with Gasteiger partial charge in [0.15, 0.2) is 0 Å². The van der Waals surface area contributed by atoms with Crippen LogP contribution in [-0.2, 0) is 9.53 Å². The zero-order valence-corrected chi connectivity index (χ0v) is 10.8. The molecule has 1 N–H and O–H groups in total. The molecule has 0 saturated heterocycles. The van der Waals surface area contributed by atoms with Gasteiger partial charge in [0.1, 0.15) is 13.2 Å². The van der Waals surface area contributed by atoms with Gasteiger partial charge in [-0.3, -0.25) is 4.79 Å². The lowest BCUT2D eigenvalue weighted by Crippen LogP contribution is -3.06. The molecule has 1 aliphatic rings. The first kappa shape index (κ1) is 13.5. The Morgan fingerprint density at radius 3 is 2.56 bits per heavy atom. The molecule has 0 amide bonds. The van der Waals surface area contributed by atoms with Crippen molar-refractivity contribution in [1.82, 2.24) is 0 Å². The monoisotopic (exact) mass is 228 g/mol. The van der Waals surface area contributed by atoms with E-state index in [2.05, 4.69) is 14.1 Å². The van der Waals surface area contributed by atoms with Crippen molar-refractivity contribution in [3.63, 3.8) is 0 Å². The number of ether oxygens (including phenoxy) is 1. The molecule has 0 spiro atoms. The Balaban J connectivity index is 2.00. The Morgan fingerprint density at radius 1 is 1.25 bits per heavy atom. The van der Waals surface area contributed by atoms with E-state index in [1.165, 1.54) is 37.0 Å². The van der Waals surface area contributed by atoms with Gasteiger partial charge < -0.3 is 9.64 Å². The largest absolute Gasteiger partial charge is 0.460 e. The van der Waals surface area contributed by atoms with Gasteiger partial charge in [-0.25, -0.2) is 0 Å². The number of hydrogen-bond acceptors (Lipinski definition) is 2. The standard InChI is InChI=1S/C13H25NO2/c1-14(2)10-11-16-13(15)9-8-12-6-4-3-5-7-12/h12H,3-11H2,1-2H3/p+1. The molecule has 1 rings (SSSR count). The number of likely N-dealkylation sites (N-methyl/N-ethyl adjacent to an activating group) is 1. The van der Waals surface area contributed by atoms with Crippen LogP contribution in [0.25, 0.3) is 0 Å². The number of quaternary nitrogens is 1. The first-order valence-corrected chi connectivity index (χ1v) is 6.63. The summed E-state index contributed by atoms with van der Waals surface area (Å²) in [6, 6.07) is 0. The van der Waals surface area contributed by atoms with Crippen molar-refractivity contribution in [3.8, 4) is 0 Å². The van der Waals surface area contributed by atoms with E-state index in [9.17, 15) is 4.79 Å². The van der Waals surface area contributed by atoms with E-state index in [1.807, 2.05) is 0 Å². The molecule has 0 atom stereocenters. The van der Waals surface area contributed by atoms with Crippen molar-refractivity contribution in [2.75, 3.05) is 27.2 Å². The molecule has 16 heavy (non-hydrogen) atoms. The lowest BCUT2D eigenvalue weighted by Gasteiger charge is -2.20. The number of esters is 1. The van der Waals surface area contributed by atoms with Crippen molar-refractivity contribution in [2.24, 2.45) is 5.92 Å². The second kappa shape index (κ2) is 7.66. The van der Waals surface area contributed by atoms with Crippen molar-refractivity contribution in [1.29, 1.82) is 0 Å². The van der Waals surface area contributed by atoms with Gasteiger partial charge >= 0.3 is 5.97 Å². The summed E-state index contributed by atoms with van der Waals surface area (Å²) in [4.78, 5) is 12.8. The second-order valence-electron chi connectivity index (χ2n) is 5.22. The van der Waals surface area contributed by atoms with Gasteiger partial charge in [-0.1, -0.05) is 32.1 Å². The van der Waals surface area contributed by atoms with Crippen LogP contribution < -0.4 is 4.90 Å². The van der Waals surface area contributed by atoms with Crippen LogP contribution in [0.2, 0.25) is 0 Å². The van der Waals surface area contributed by atoms with Crippen LogP contribution in [0.1, 0.15) is 44.9 Å². The predicted molar refractivity (Wildman–Crippen MR) is 64.4 cm³/mol. The van der Waals surface area contributed by atoms with Gasteiger partial charge in [-0.2, -0.15) is 0 Å². The molecule has 0 aromatic carbocycles. The van der Waals surface area contributed by atoms with Crippen molar-refractivity contribution in [3.05, 3.63) is 0 Å². The van der Waals surface area contributed by atoms with E-state index in [0.29, 0.717) is 13.0 Å². The minimum absolute atomic E-state index is 0.00757. The molecular formula is C13H26NO2+. The maximum absolute atomic E-state index is 11.4. The summed E-state index contributed by atoms with van der Waals surface area (Å²) in [5.41, 5.74) is 0. The minimum atomic E-state index is -0.00757. The number of nitrogens with one attached hydrogen (secondary N) is 1. The van der Waals surface area contributed by atoms with Crippen LogP contribution in [0.5, 0.6) is 0 Å². The maximum atomic E-state index is 11.4. The third-order valence-electron chi connectivity index (χ3n) is 3.35. The maximum Gasteiger partial charge on any atom is 0.306 e. The van der Waals surface area contributed by atoms with Gasteiger partial charge in [0.05, 0.1) is 14.1 Å². The molecule has 3 heteroatoms. The average molecular weight is 228 g/mol. The first-order chi connectivity index (χ1) is 7.68. The van der Waals surface area contributed by atoms with Crippen LogP contribution in [-0.4, -0.2) is 33.2 Å². The number of rotatable bonds is 6. The predicted octanol–water partition coefficient (Wildman–Crippen LogP) is 1.03. The molecule has 0 aromatic heterocycles. The smallest absolute Gasteiger partial charge is 0.306 e. The van der Waals surface area contributed by atoms with Gasteiger partial charge in [-0.15, -0.1) is 0 Å². The summed E-state index contributed by atoms with van der Waals surface area (Å²) in [5.74, 6) is 0.771. The fourth-order valence-electron chi connectivity index (χ4n) is 2.24. The summed E-state index contributed by atoms with van der Waals surface area (Å²) >= 11 is 0. The molecule has 0 heterocycles. The molecule has 1 fully saturated rings. The second-order valence-corrected chi connectivity index (χ2v) is 5.22. The average Bonchev–Trinajstić information content (AvgIpc) is 2.27. The van der Waals surface area contributed by atoms with E-state index in [0.717, 1.165) is 18.9 Å². The highest BCUT2D eigenvalue weighted by molar-refractivity contribution is 5.69. The summed E-state index contributed by atoms with van der Waals surface area (Å²) in [6.45, 7) is 1.46. The first-order valence-electron chi connectivity index (χ1n) is 6.63. The highest BCUT2D eigenvalue weighted by Crippen LogP contribution is 2.27. The minimum Gasteiger partial charge on any atom is -0.460 e. The molecule has 0 aliphatic heterocycles. The molecule has 0 unspecified atom stereocenters. The summed E-state index contributed by atoms with van der Waals surface area (Å²) in [7, 11) is 4.13. The highest BCUT2D eigenvalue weighted by Gasteiger charge is 2.15. The molecule has 1 saturated carbocycles. The van der Waals surface area contributed by atoms with Crippen LogP contribution in [0, 0.1) is 5.92 Å². The fraction of sp³-hybridized carbons (Fsp3) is 0.923. The van der Waals surface area contributed by atoms with Crippen LogP contribution in [0.4, 0.5) is 0 Å². The molecule has 0 aromatic rings. The van der Waals surface area contributed by atoms with Crippen LogP contribution in [0.3, 0.4) is 0 Å². The van der Waals surface area contributed by atoms with Crippen molar-refractivity contribution < 1.29 is 14.4 Å². The number of hydrogen-bond donors (Lipinski definition) is 1. The zero-order chi connectivity index (χ0) is 11.8. The third kappa shape index (κ3) is 6.11. The third-order valence-corrected chi connectivity index (χ3v) is 3.35. The quantitative estimate of drug-likeness (QED) is 0.689. The number of carbonyl (C=O) groups is 1. The van der Waals surface area contributed by atoms with E-state index >= 15 is 0 Å². The molecule has 3 nitrogen and oxygen atoms in total. The van der Waals surface area contributed by atoms with Gasteiger partial charge in [-0.05, 0) is 12.3 Å². The van der Waals surface area contributed by atoms with Gasteiger partial charge in [0.2, 0.25) is 0 Å². The summed E-state index contributed by atoms with van der Waals surface area (Å²) < 4.78 is 5.18. The van der Waals surface area contributed by atoms with Gasteiger partial charge in [0.25, 0.3) is 0 Å². The topological polar surface area (TPSA) is 30.7 Å². The van der Waals surface area contributed by atoms with E-state index in [1.54, 1.807) is 0 Å². The van der Waals surface area contributed by atoms with Crippen LogP contribution in [0.15, 0.2) is 0 Å². The lowest BCUT2D eigenvalue weighted by molar-refractivity contribution is -0.858. The Kier molecular flexibility index (Phi) is 6.46. The van der Waals surface area contributed by atoms with Crippen molar-refractivity contribution in [2.45, 2.75) is 44.9 Å². The molecule has 94 valence electrons. The van der Waals surface area contributed by atoms with E-state index in [4.69, 9.17) is 4.74 Å². The molecule has 0 radical (unpaired) electrons. The Hall–Kier alpha value is -0.570. The number of carbonyl (C=O) groups excluding carboxylic acids is 1. The Morgan fingerprint density at radius 2 is 1.94 bits per heavy atom. The summed E-state index contributed by atoms with van der Waals surface area (Å²) in [6.07, 6.45) is 8.37. The van der Waals surface area contributed by atoms with Crippen molar-refractivity contribution >= 4 is 5.97 Å². The highest BCUT2D eigenvalue weighted by atomic mass is 16.5. The Bertz CT molecular complexity index is 198. The summed E-state index contributed by atoms with van der Waals surface area (Å²) in [5, 5.41) is 0. The molecule has 0 bridgehead atoms. The van der Waals surface area contributed by atoms with E-state index in [-0.39, 0.29) is 5.97 Å². The normalized spacial score (nSPS) is 17.7. The zero-order valence-electron chi connectivity index (χ0n) is 10.8. The SMILES string of the molecule is C[NH+](C)CCOC(=O)CCC1CCCCC1. The fourth-order valence-corrected chi connectivity index (χ4v) is 2.24. The van der Waals surface area contributed by atoms with Gasteiger partial charge in [0, 0.05) is 6.42 Å². The van der Waals surface area contributed by atoms with Crippen LogP contribution >= 0.6 is 0 Å². The van der Waals surface area contributed by atoms with E-state index < -0.39 is 0 Å². The molecule has 1 aliphatic carbocycles. The lowest BCUT2D eigenvalue weighted by atomic mass is 9.86.